The maximum absolute atomic E-state index is 13.3. The summed E-state index contributed by atoms with van der Waals surface area (Å²) in [5.74, 6) is -0.279. The molecular weight excluding hydrogens is 431 g/mol. The molecule has 2 nitrogen and oxygen atoms in total. The van der Waals surface area contributed by atoms with E-state index in [4.69, 9.17) is 11.6 Å². The monoisotopic (exact) mass is 450 g/mol. The first-order valence-corrected chi connectivity index (χ1v) is 11.0. The van der Waals surface area contributed by atoms with Gasteiger partial charge in [-0.15, -0.1) is 0 Å². The number of hydrogen-bond donors (Lipinski definition) is 0. The zero-order valence-corrected chi connectivity index (χ0v) is 18.5. The van der Waals surface area contributed by atoms with Gasteiger partial charge >= 0.3 is 0 Å². The lowest BCUT2D eigenvalue weighted by Gasteiger charge is -2.15. The van der Waals surface area contributed by atoms with Gasteiger partial charge in [0.1, 0.15) is 5.82 Å². The second kappa shape index (κ2) is 9.27. The molecule has 0 fully saturated rings. The van der Waals surface area contributed by atoms with Crippen LogP contribution in [0.1, 0.15) is 5.56 Å². The van der Waals surface area contributed by atoms with Gasteiger partial charge in [0.25, 0.3) is 0 Å². The highest BCUT2D eigenvalue weighted by atomic mass is 35.5. The fourth-order valence-corrected chi connectivity index (χ4v) is 4.00. The Morgan fingerprint density at radius 2 is 1.30 bits per heavy atom. The number of nitrogens with zero attached hydrogens (tertiary/aromatic N) is 2. The van der Waals surface area contributed by atoms with E-state index in [9.17, 15) is 4.39 Å². The first-order valence-electron chi connectivity index (χ1n) is 10.6. The van der Waals surface area contributed by atoms with Crippen molar-refractivity contribution in [2.75, 3.05) is 0 Å². The molecule has 160 valence electrons. The molecular formula is C29H20ClFN2. The van der Waals surface area contributed by atoms with Gasteiger partial charge in [0.05, 0.1) is 17.1 Å². The summed E-state index contributed by atoms with van der Waals surface area (Å²) >= 11 is 6.19. The molecule has 0 unspecified atom stereocenters. The van der Waals surface area contributed by atoms with Crippen molar-refractivity contribution < 1.29 is 4.39 Å². The molecule has 0 spiro atoms. The Bertz CT molecular complexity index is 1390. The summed E-state index contributed by atoms with van der Waals surface area (Å²) in [7, 11) is 0. The van der Waals surface area contributed by atoms with Crippen LogP contribution < -0.4 is 0 Å². The molecule has 4 heteroatoms. The van der Waals surface area contributed by atoms with Crippen LogP contribution in [-0.4, -0.2) is 10.8 Å². The third-order valence-electron chi connectivity index (χ3n) is 5.41. The van der Waals surface area contributed by atoms with Gasteiger partial charge < -0.3 is 4.57 Å². The van der Waals surface area contributed by atoms with Gasteiger partial charge in [-0.05, 0) is 65.7 Å². The number of benzene rings is 4. The summed E-state index contributed by atoms with van der Waals surface area (Å²) in [4.78, 5) is 4.63. The molecule has 0 atom stereocenters. The van der Waals surface area contributed by atoms with Crippen molar-refractivity contribution in [2.45, 2.75) is 0 Å². The Hall–Kier alpha value is -3.95. The van der Waals surface area contributed by atoms with Crippen LogP contribution in [0.2, 0.25) is 5.02 Å². The Kier molecular flexibility index (Phi) is 5.88. The smallest absolute Gasteiger partial charge is 0.123 e. The van der Waals surface area contributed by atoms with Gasteiger partial charge in [0.2, 0.25) is 0 Å². The number of aromatic nitrogens is 1. The van der Waals surface area contributed by atoms with Crippen molar-refractivity contribution in [2.24, 2.45) is 4.99 Å². The van der Waals surface area contributed by atoms with Gasteiger partial charge in [-0.3, -0.25) is 4.99 Å². The Morgan fingerprint density at radius 1 is 0.697 bits per heavy atom. The Labute approximate surface area is 197 Å². The highest BCUT2D eigenvalue weighted by Crippen LogP contribution is 2.36. The van der Waals surface area contributed by atoms with E-state index in [-0.39, 0.29) is 5.82 Å². The van der Waals surface area contributed by atoms with Crippen LogP contribution in [0.25, 0.3) is 28.2 Å². The van der Waals surface area contributed by atoms with Crippen LogP contribution in [0.5, 0.6) is 0 Å². The van der Waals surface area contributed by atoms with Gasteiger partial charge in [-0.1, -0.05) is 72.3 Å². The molecule has 0 saturated carbocycles. The number of hydrogen-bond acceptors (Lipinski definition) is 1. The summed E-state index contributed by atoms with van der Waals surface area (Å²) in [6.07, 6.45) is 1.84. The molecule has 0 bridgehead atoms. The van der Waals surface area contributed by atoms with E-state index < -0.39 is 0 Å². The van der Waals surface area contributed by atoms with Gasteiger partial charge in [0, 0.05) is 22.5 Å². The van der Waals surface area contributed by atoms with E-state index in [1.807, 2.05) is 66.9 Å². The van der Waals surface area contributed by atoms with E-state index in [1.165, 1.54) is 12.1 Å². The number of halogens is 2. The Balaban J connectivity index is 1.76. The molecule has 0 aliphatic carbocycles. The zero-order chi connectivity index (χ0) is 22.6. The summed E-state index contributed by atoms with van der Waals surface area (Å²) in [6.45, 7) is 0. The summed E-state index contributed by atoms with van der Waals surface area (Å²) in [6, 6.07) is 36.6. The SMILES string of the molecule is Fc1ccc(N=Cc2cc(-c3ccccc3)n(-c3ccc(Cl)cc3)c2-c2ccccc2)cc1. The molecule has 0 N–H and O–H groups in total. The van der Waals surface area contributed by atoms with Gasteiger partial charge in [-0.2, -0.15) is 0 Å². The van der Waals surface area contributed by atoms with E-state index in [0.717, 1.165) is 33.8 Å². The van der Waals surface area contributed by atoms with E-state index >= 15 is 0 Å². The van der Waals surface area contributed by atoms with E-state index in [2.05, 4.69) is 39.9 Å². The third-order valence-corrected chi connectivity index (χ3v) is 5.66. The van der Waals surface area contributed by atoms with Crippen molar-refractivity contribution >= 4 is 23.5 Å². The first kappa shape index (κ1) is 20.9. The standard InChI is InChI=1S/C29H20ClFN2/c30-24-11-17-27(18-12-24)33-28(21-7-3-1-4-8-21)19-23(29(33)22-9-5-2-6-10-22)20-32-26-15-13-25(31)14-16-26/h1-20H. The predicted octanol–water partition coefficient (Wildman–Crippen LogP) is 8.35. The lowest BCUT2D eigenvalue weighted by atomic mass is 10.1. The molecule has 33 heavy (non-hydrogen) atoms. The quantitative estimate of drug-likeness (QED) is 0.239. The number of rotatable bonds is 5. The van der Waals surface area contributed by atoms with Gasteiger partial charge in [-0.25, -0.2) is 4.39 Å². The average Bonchev–Trinajstić information content (AvgIpc) is 3.25. The zero-order valence-electron chi connectivity index (χ0n) is 17.7. The molecule has 5 rings (SSSR count). The summed E-state index contributed by atoms with van der Waals surface area (Å²) < 4.78 is 15.6. The molecule has 4 aromatic carbocycles. The van der Waals surface area contributed by atoms with Crippen LogP contribution in [-0.2, 0) is 0 Å². The van der Waals surface area contributed by atoms with Gasteiger partial charge in [0.15, 0.2) is 0 Å². The molecule has 0 aliphatic rings. The normalized spacial score (nSPS) is 11.2. The van der Waals surface area contributed by atoms with Crippen molar-refractivity contribution in [3.05, 3.63) is 132 Å². The molecule has 1 heterocycles. The first-order chi connectivity index (χ1) is 16.2. The fourth-order valence-electron chi connectivity index (χ4n) is 3.87. The maximum Gasteiger partial charge on any atom is 0.123 e. The molecule has 0 aliphatic heterocycles. The fraction of sp³-hybridized carbons (Fsp3) is 0. The second-order valence-electron chi connectivity index (χ2n) is 7.61. The largest absolute Gasteiger partial charge is 0.309 e. The number of aliphatic imine (C=N–C) groups is 1. The van der Waals surface area contributed by atoms with Crippen molar-refractivity contribution in [3.63, 3.8) is 0 Å². The average molecular weight is 451 g/mol. The van der Waals surface area contributed by atoms with Crippen molar-refractivity contribution in [3.8, 4) is 28.2 Å². The molecule has 0 radical (unpaired) electrons. The van der Waals surface area contributed by atoms with Crippen LogP contribution >= 0.6 is 11.6 Å². The predicted molar refractivity (Wildman–Crippen MR) is 135 cm³/mol. The lowest BCUT2D eigenvalue weighted by Crippen LogP contribution is -2.00. The molecule has 5 aromatic rings. The van der Waals surface area contributed by atoms with E-state index in [0.29, 0.717) is 10.7 Å². The highest BCUT2D eigenvalue weighted by Gasteiger charge is 2.18. The minimum Gasteiger partial charge on any atom is -0.309 e. The topological polar surface area (TPSA) is 17.3 Å². The van der Waals surface area contributed by atoms with Crippen molar-refractivity contribution in [1.29, 1.82) is 0 Å². The molecule has 0 amide bonds. The summed E-state index contributed by atoms with van der Waals surface area (Å²) in [5, 5.41) is 0.687. The van der Waals surface area contributed by atoms with E-state index in [1.54, 1.807) is 12.1 Å². The minimum absolute atomic E-state index is 0.279. The molecule has 1 aromatic heterocycles. The van der Waals surface area contributed by atoms with Crippen molar-refractivity contribution in [1.82, 2.24) is 4.57 Å². The second-order valence-corrected chi connectivity index (χ2v) is 8.05. The Morgan fingerprint density at radius 3 is 1.94 bits per heavy atom. The van der Waals surface area contributed by atoms with Crippen LogP contribution in [0, 0.1) is 5.82 Å². The minimum atomic E-state index is -0.279. The third kappa shape index (κ3) is 4.50. The van der Waals surface area contributed by atoms with Crippen LogP contribution in [0.15, 0.2) is 120 Å². The lowest BCUT2D eigenvalue weighted by molar-refractivity contribution is 0.628. The highest BCUT2D eigenvalue weighted by molar-refractivity contribution is 6.30. The molecule has 0 saturated heterocycles. The summed E-state index contributed by atoms with van der Waals surface area (Å²) in [5.41, 5.74) is 6.86. The maximum atomic E-state index is 13.3. The van der Waals surface area contributed by atoms with Crippen LogP contribution in [0.3, 0.4) is 0 Å². The van der Waals surface area contributed by atoms with Crippen LogP contribution in [0.4, 0.5) is 10.1 Å².